The molecule has 0 aliphatic carbocycles. The Labute approximate surface area is 226 Å². The van der Waals surface area contributed by atoms with Crippen LogP contribution in [0.3, 0.4) is 0 Å². The van der Waals surface area contributed by atoms with Crippen molar-refractivity contribution in [3.8, 4) is 5.75 Å². The van der Waals surface area contributed by atoms with Gasteiger partial charge in [-0.15, -0.1) is 0 Å². The number of nitrogens with one attached hydrogen (secondary N) is 1. The molecule has 5 nitrogen and oxygen atoms in total. The highest BCUT2D eigenvalue weighted by Gasteiger charge is 2.30. The summed E-state index contributed by atoms with van der Waals surface area (Å²) in [5, 5.41) is 4.98. The fourth-order valence-electron chi connectivity index (χ4n) is 4.30. The average molecular weight is 560 g/mol. The molecule has 0 radical (unpaired) electrons. The molecule has 4 rings (SSSR count). The first-order chi connectivity index (χ1) is 18.0. The molecule has 1 N–H and O–H groups in total. The number of ether oxygens (including phenoxy) is 1. The number of halogens is 1. The van der Waals surface area contributed by atoms with E-state index in [1.54, 1.807) is 4.90 Å². The number of fused-ring (bicyclic) bond motifs is 1. The zero-order valence-electron chi connectivity index (χ0n) is 20.9. The van der Waals surface area contributed by atoms with E-state index < -0.39 is 6.04 Å². The Bertz CT molecular complexity index is 1340. The summed E-state index contributed by atoms with van der Waals surface area (Å²) < 4.78 is 6.97. The zero-order valence-corrected chi connectivity index (χ0v) is 22.5. The van der Waals surface area contributed by atoms with Gasteiger partial charge in [0.15, 0.2) is 6.61 Å². The third kappa shape index (κ3) is 7.20. The summed E-state index contributed by atoms with van der Waals surface area (Å²) in [4.78, 5) is 28.8. The second kappa shape index (κ2) is 13.1. The molecular weight excluding hydrogens is 528 g/mol. The molecule has 0 aliphatic heterocycles. The minimum absolute atomic E-state index is 0.167. The molecule has 37 heavy (non-hydrogen) atoms. The molecule has 2 amide bonds. The minimum Gasteiger partial charge on any atom is -0.483 e. The van der Waals surface area contributed by atoms with E-state index in [4.69, 9.17) is 4.74 Å². The van der Waals surface area contributed by atoms with Crippen LogP contribution in [-0.4, -0.2) is 35.9 Å². The third-order valence-electron chi connectivity index (χ3n) is 6.16. The Morgan fingerprint density at radius 1 is 0.892 bits per heavy atom. The third-order valence-corrected chi connectivity index (χ3v) is 6.66. The zero-order chi connectivity index (χ0) is 26.0. The van der Waals surface area contributed by atoms with Crippen molar-refractivity contribution in [1.82, 2.24) is 10.2 Å². The van der Waals surface area contributed by atoms with E-state index in [0.29, 0.717) is 18.7 Å². The van der Waals surface area contributed by atoms with Crippen LogP contribution in [0.2, 0.25) is 0 Å². The Kier molecular flexibility index (Phi) is 9.33. The van der Waals surface area contributed by atoms with E-state index in [0.717, 1.165) is 32.8 Å². The normalized spacial score (nSPS) is 11.6. The van der Waals surface area contributed by atoms with Crippen LogP contribution in [0.5, 0.6) is 5.75 Å². The van der Waals surface area contributed by atoms with Crippen molar-refractivity contribution in [3.05, 3.63) is 113 Å². The Morgan fingerprint density at radius 2 is 1.59 bits per heavy atom. The number of rotatable bonds is 11. The van der Waals surface area contributed by atoms with E-state index in [2.05, 4.69) is 21.2 Å². The number of hydrogen-bond donors (Lipinski definition) is 1. The maximum Gasteiger partial charge on any atom is 0.261 e. The summed E-state index contributed by atoms with van der Waals surface area (Å²) in [7, 11) is 0. The molecule has 0 unspecified atom stereocenters. The summed E-state index contributed by atoms with van der Waals surface area (Å²) in [5.41, 5.74) is 1.91. The largest absolute Gasteiger partial charge is 0.483 e. The van der Waals surface area contributed by atoms with Crippen LogP contribution in [0, 0.1) is 0 Å². The van der Waals surface area contributed by atoms with E-state index in [-0.39, 0.29) is 25.0 Å². The maximum absolute atomic E-state index is 13.8. The number of amides is 2. The van der Waals surface area contributed by atoms with E-state index >= 15 is 0 Å². The molecule has 6 heteroatoms. The van der Waals surface area contributed by atoms with Crippen molar-refractivity contribution in [2.24, 2.45) is 0 Å². The lowest BCUT2D eigenvalue weighted by Gasteiger charge is -2.31. The minimum atomic E-state index is -0.684. The van der Waals surface area contributed by atoms with E-state index in [9.17, 15) is 9.59 Å². The highest BCUT2D eigenvalue weighted by Crippen LogP contribution is 2.25. The number of hydrogen-bond acceptors (Lipinski definition) is 3. The van der Waals surface area contributed by atoms with Gasteiger partial charge in [-0.3, -0.25) is 9.59 Å². The van der Waals surface area contributed by atoms with E-state index in [1.165, 1.54) is 0 Å². The number of carbonyl (C=O) groups excluding carboxylic acids is 2. The van der Waals surface area contributed by atoms with Crippen molar-refractivity contribution >= 4 is 38.5 Å². The van der Waals surface area contributed by atoms with Crippen LogP contribution >= 0.6 is 15.9 Å². The first kappa shape index (κ1) is 26.4. The molecule has 0 aromatic heterocycles. The molecular formula is C31H31BrN2O3. The fraction of sp³-hybridized carbons (Fsp3) is 0.226. The van der Waals surface area contributed by atoms with Gasteiger partial charge in [0, 0.05) is 29.4 Å². The highest BCUT2D eigenvalue weighted by molar-refractivity contribution is 9.10. The van der Waals surface area contributed by atoms with Crippen molar-refractivity contribution in [3.63, 3.8) is 0 Å². The van der Waals surface area contributed by atoms with Gasteiger partial charge in [-0.2, -0.15) is 0 Å². The van der Waals surface area contributed by atoms with Gasteiger partial charge >= 0.3 is 0 Å². The van der Waals surface area contributed by atoms with Gasteiger partial charge in [0.2, 0.25) is 5.91 Å². The van der Waals surface area contributed by atoms with Crippen LogP contribution in [0.25, 0.3) is 10.8 Å². The Balaban J connectivity index is 1.63. The topological polar surface area (TPSA) is 58.6 Å². The molecule has 190 valence electrons. The predicted octanol–water partition coefficient (Wildman–Crippen LogP) is 6.15. The lowest BCUT2D eigenvalue weighted by molar-refractivity contribution is -0.142. The quantitative estimate of drug-likeness (QED) is 0.240. The molecule has 0 fully saturated rings. The molecule has 4 aromatic carbocycles. The first-order valence-electron chi connectivity index (χ1n) is 12.5. The van der Waals surface area contributed by atoms with Crippen molar-refractivity contribution < 1.29 is 14.3 Å². The van der Waals surface area contributed by atoms with Crippen molar-refractivity contribution in [2.75, 3.05) is 13.2 Å². The summed E-state index contributed by atoms with van der Waals surface area (Å²) in [6.45, 7) is 2.67. The molecule has 1 atom stereocenters. The van der Waals surface area contributed by atoms with Crippen molar-refractivity contribution in [2.45, 2.75) is 32.4 Å². The molecule has 0 saturated carbocycles. The smallest absolute Gasteiger partial charge is 0.261 e. The molecule has 0 saturated heterocycles. The fourth-order valence-corrected chi connectivity index (χ4v) is 4.74. The van der Waals surface area contributed by atoms with Crippen molar-refractivity contribution in [1.29, 1.82) is 0 Å². The standard InChI is InChI=1S/C31H31BrN2O3/c1-2-18-33-31(36)28(20-23-10-4-3-5-11-23)34(21-24-12-8-15-26(32)19-24)30(35)22-37-29-17-9-14-25-13-6-7-16-27(25)29/h3-17,19,28H,2,18,20-22H2,1H3,(H,33,36)/t28-/m1/s1. The second-order valence-electron chi connectivity index (χ2n) is 8.91. The first-order valence-corrected chi connectivity index (χ1v) is 13.3. The van der Waals surface area contributed by atoms with Gasteiger partial charge in [0.05, 0.1) is 0 Å². The predicted molar refractivity (Wildman–Crippen MR) is 151 cm³/mol. The average Bonchev–Trinajstić information content (AvgIpc) is 2.93. The SMILES string of the molecule is CCCNC(=O)[C@@H](Cc1ccccc1)N(Cc1cccc(Br)c1)C(=O)COc1cccc2ccccc12. The van der Waals surface area contributed by atoms with Gasteiger partial charge in [0.1, 0.15) is 11.8 Å². The van der Waals surface area contributed by atoms with Crippen LogP contribution in [0.1, 0.15) is 24.5 Å². The number of benzene rings is 4. The van der Waals surface area contributed by atoms with Crippen LogP contribution in [0.4, 0.5) is 0 Å². The molecule has 4 aromatic rings. The molecule has 0 aliphatic rings. The molecule has 0 heterocycles. The lowest BCUT2D eigenvalue weighted by atomic mass is 10.0. The highest BCUT2D eigenvalue weighted by atomic mass is 79.9. The van der Waals surface area contributed by atoms with Gasteiger partial charge in [-0.25, -0.2) is 0 Å². The summed E-state index contributed by atoms with van der Waals surface area (Å²) in [5.74, 6) is 0.226. The number of nitrogens with zero attached hydrogens (tertiary/aromatic N) is 1. The van der Waals surface area contributed by atoms with Crippen LogP contribution < -0.4 is 10.1 Å². The summed E-state index contributed by atoms with van der Waals surface area (Å²) >= 11 is 3.52. The van der Waals surface area contributed by atoms with E-state index in [1.807, 2.05) is 104 Å². The van der Waals surface area contributed by atoms with Gasteiger partial charge in [0.25, 0.3) is 5.91 Å². The van der Waals surface area contributed by atoms with Crippen LogP contribution in [0.15, 0.2) is 102 Å². The molecule has 0 bridgehead atoms. The number of carbonyl (C=O) groups is 2. The lowest BCUT2D eigenvalue weighted by Crippen LogP contribution is -2.51. The summed E-state index contributed by atoms with van der Waals surface area (Å²) in [6.07, 6.45) is 1.22. The van der Waals surface area contributed by atoms with Gasteiger partial charge in [-0.05, 0) is 41.1 Å². The monoisotopic (exact) mass is 558 g/mol. The Morgan fingerprint density at radius 3 is 2.38 bits per heavy atom. The molecule has 0 spiro atoms. The van der Waals surface area contributed by atoms with Gasteiger partial charge < -0.3 is 15.0 Å². The maximum atomic E-state index is 13.8. The van der Waals surface area contributed by atoms with Gasteiger partial charge in [-0.1, -0.05) is 102 Å². The van der Waals surface area contributed by atoms with Crippen LogP contribution in [-0.2, 0) is 22.6 Å². The second-order valence-corrected chi connectivity index (χ2v) is 9.83. The summed E-state index contributed by atoms with van der Waals surface area (Å²) in [6, 6.07) is 30.6. The Hall–Kier alpha value is -3.64.